The highest BCUT2D eigenvalue weighted by Crippen LogP contribution is 2.35. The Labute approximate surface area is 148 Å². The van der Waals surface area contributed by atoms with Crippen LogP contribution in [0.3, 0.4) is 0 Å². The molecule has 4 atom stereocenters. The molecule has 11 heteroatoms. The van der Waals surface area contributed by atoms with E-state index in [-0.39, 0.29) is 6.61 Å². The molecule has 0 aromatic heterocycles. The number of carbonyl (C=O) groups is 1. The van der Waals surface area contributed by atoms with Gasteiger partial charge in [-0.2, -0.15) is 21.6 Å². The van der Waals surface area contributed by atoms with Gasteiger partial charge in [0.15, 0.2) is 6.10 Å². The van der Waals surface area contributed by atoms with Gasteiger partial charge >= 0.3 is 21.6 Å². The normalized spacial score (nSPS) is 24.6. The van der Waals surface area contributed by atoms with Crippen molar-refractivity contribution in [2.45, 2.75) is 43.5 Å². The molecule has 146 valence electrons. The van der Waals surface area contributed by atoms with Crippen molar-refractivity contribution in [2.75, 3.05) is 7.11 Å². The molecule has 0 unspecified atom stereocenters. The highest BCUT2D eigenvalue weighted by Gasteiger charge is 2.58. The Morgan fingerprint density at radius 2 is 1.88 bits per heavy atom. The van der Waals surface area contributed by atoms with Crippen LogP contribution >= 0.6 is 0 Å². The van der Waals surface area contributed by atoms with Crippen LogP contribution in [0, 0.1) is 0 Å². The molecule has 0 bridgehead atoms. The van der Waals surface area contributed by atoms with Gasteiger partial charge < -0.3 is 14.2 Å². The largest absolute Gasteiger partial charge is 0.523 e. The minimum atomic E-state index is -5.91. The van der Waals surface area contributed by atoms with Crippen molar-refractivity contribution in [3.8, 4) is 0 Å². The molecule has 1 saturated heterocycles. The van der Waals surface area contributed by atoms with Crippen molar-refractivity contribution >= 4 is 16.1 Å². The van der Waals surface area contributed by atoms with Crippen LogP contribution in [0.5, 0.6) is 0 Å². The van der Waals surface area contributed by atoms with Gasteiger partial charge in [-0.05, 0) is 12.5 Å². The van der Waals surface area contributed by atoms with Gasteiger partial charge in [0.25, 0.3) is 0 Å². The Balaban J connectivity index is 2.07. The Hall–Kier alpha value is -1.69. The van der Waals surface area contributed by atoms with E-state index in [1.165, 1.54) is 6.92 Å². The molecule has 7 nitrogen and oxygen atoms in total. The average molecular weight is 398 g/mol. The number of methoxy groups -OCH3 is 1. The van der Waals surface area contributed by atoms with Crippen LogP contribution in [0.4, 0.5) is 13.2 Å². The van der Waals surface area contributed by atoms with Gasteiger partial charge in [-0.25, -0.2) is 4.79 Å². The fourth-order valence-electron chi connectivity index (χ4n) is 2.29. The molecule has 1 heterocycles. The first kappa shape index (κ1) is 20.6. The smallest absolute Gasteiger partial charge is 0.467 e. The molecule has 0 radical (unpaired) electrons. The molecule has 26 heavy (non-hydrogen) atoms. The number of ether oxygens (including phenoxy) is 3. The van der Waals surface area contributed by atoms with Gasteiger partial charge in [0.1, 0.15) is 12.2 Å². The van der Waals surface area contributed by atoms with E-state index in [4.69, 9.17) is 9.47 Å². The monoisotopic (exact) mass is 398 g/mol. The number of esters is 1. The van der Waals surface area contributed by atoms with E-state index in [1.807, 2.05) is 0 Å². The lowest BCUT2D eigenvalue weighted by molar-refractivity contribution is -0.252. The zero-order valence-electron chi connectivity index (χ0n) is 13.8. The highest BCUT2D eigenvalue weighted by molar-refractivity contribution is 7.87. The number of alkyl halides is 3. The minimum Gasteiger partial charge on any atom is -0.467 e. The van der Waals surface area contributed by atoms with Crippen LogP contribution in [0.25, 0.3) is 0 Å². The SMILES string of the molecule is COC(=O)[C@@H]1O[C@@H]([C@H](C)OCc2ccccc2)[C@H]1OS(=O)(=O)C(F)(F)F. The molecule has 0 amide bonds. The summed E-state index contributed by atoms with van der Waals surface area (Å²) in [5.41, 5.74) is -4.83. The standard InChI is InChI=1S/C15H17F3O7S/c1-9(23-8-10-6-4-3-5-7-10)11-12(13(24-11)14(19)22-2)25-26(20,21)15(16,17)18/h3-7,9,11-13H,8H2,1-2H3/t9-,11-,12+,13+/m0/s1. The first-order valence-corrected chi connectivity index (χ1v) is 8.86. The Kier molecular flexibility index (Phi) is 6.27. The lowest BCUT2D eigenvalue weighted by Crippen LogP contribution is -2.64. The van der Waals surface area contributed by atoms with Crippen LogP contribution in [0.1, 0.15) is 12.5 Å². The van der Waals surface area contributed by atoms with Gasteiger partial charge in [-0.3, -0.25) is 4.18 Å². The maximum atomic E-state index is 12.6. The van der Waals surface area contributed by atoms with Crippen molar-refractivity contribution < 1.29 is 44.8 Å². The lowest BCUT2D eigenvalue weighted by Gasteiger charge is -2.44. The van der Waals surface area contributed by atoms with E-state index < -0.39 is 46.0 Å². The fraction of sp³-hybridized carbons (Fsp3) is 0.533. The predicted molar refractivity (Wildman–Crippen MR) is 81.2 cm³/mol. The maximum absolute atomic E-state index is 12.6. The second-order valence-corrected chi connectivity index (χ2v) is 7.07. The molecular formula is C15H17F3O7S. The van der Waals surface area contributed by atoms with Gasteiger partial charge in [0.05, 0.1) is 19.8 Å². The average Bonchev–Trinajstić information content (AvgIpc) is 2.56. The topological polar surface area (TPSA) is 88.1 Å². The van der Waals surface area contributed by atoms with E-state index in [0.29, 0.717) is 0 Å². The summed E-state index contributed by atoms with van der Waals surface area (Å²) >= 11 is 0. The first-order valence-electron chi connectivity index (χ1n) is 7.45. The summed E-state index contributed by atoms with van der Waals surface area (Å²) in [5, 5.41) is 0. The summed E-state index contributed by atoms with van der Waals surface area (Å²) in [5.74, 6) is -1.04. The van der Waals surface area contributed by atoms with E-state index in [2.05, 4.69) is 8.92 Å². The summed E-state index contributed by atoms with van der Waals surface area (Å²) in [6.45, 7) is 1.58. The summed E-state index contributed by atoms with van der Waals surface area (Å²) in [7, 11) is -4.92. The molecule has 0 spiro atoms. The van der Waals surface area contributed by atoms with Crippen molar-refractivity contribution in [3.05, 3.63) is 35.9 Å². The van der Waals surface area contributed by atoms with Gasteiger partial charge in [-0.15, -0.1) is 0 Å². The van der Waals surface area contributed by atoms with Crippen LogP contribution in [-0.4, -0.2) is 51.4 Å². The number of hydrogen-bond donors (Lipinski definition) is 0. The number of benzene rings is 1. The van der Waals surface area contributed by atoms with Crippen molar-refractivity contribution in [3.63, 3.8) is 0 Å². The summed E-state index contributed by atoms with van der Waals surface area (Å²) in [4.78, 5) is 11.5. The second-order valence-electron chi connectivity index (χ2n) is 5.51. The van der Waals surface area contributed by atoms with Crippen molar-refractivity contribution in [1.29, 1.82) is 0 Å². The molecule has 0 N–H and O–H groups in total. The molecule has 1 aliphatic heterocycles. The Morgan fingerprint density at radius 3 is 2.42 bits per heavy atom. The Morgan fingerprint density at radius 1 is 1.27 bits per heavy atom. The highest BCUT2D eigenvalue weighted by atomic mass is 32.2. The molecule has 1 aromatic rings. The molecule has 0 saturated carbocycles. The zero-order valence-corrected chi connectivity index (χ0v) is 14.6. The summed E-state index contributed by atoms with van der Waals surface area (Å²) < 4.78 is 79.4. The third-order valence-electron chi connectivity index (χ3n) is 3.70. The quantitative estimate of drug-likeness (QED) is 0.393. The minimum absolute atomic E-state index is 0.115. The number of hydrogen-bond acceptors (Lipinski definition) is 7. The molecule has 1 fully saturated rings. The maximum Gasteiger partial charge on any atom is 0.523 e. The van der Waals surface area contributed by atoms with E-state index in [9.17, 15) is 26.4 Å². The Bertz CT molecular complexity index is 721. The van der Waals surface area contributed by atoms with Crippen LogP contribution in [0.2, 0.25) is 0 Å². The zero-order chi connectivity index (χ0) is 19.5. The molecular weight excluding hydrogens is 381 g/mol. The van der Waals surface area contributed by atoms with E-state index in [1.54, 1.807) is 30.3 Å². The van der Waals surface area contributed by atoms with Gasteiger partial charge in [-0.1, -0.05) is 30.3 Å². The second kappa shape index (κ2) is 7.91. The fourth-order valence-corrected chi connectivity index (χ4v) is 2.91. The van der Waals surface area contributed by atoms with Crippen LogP contribution < -0.4 is 0 Å². The van der Waals surface area contributed by atoms with Crippen LogP contribution in [0.15, 0.2) is 30.3 Å². The predicted octanol–water partition coefficient (Wildman–Crippen LogP) is 1.77. The van der Waals surface area contributed by atoms with Crippen molar-refractivity contribution in [1.82, 2.24) is 0 Å². The number of halogens is 3. The lowest BCUT2D eigenvalue weighted by atomic mass is 9.97. The van der Waals surface area contributed by atoms with Gasteiger partial charge in [0, 0.05) is 0 Å². The van der Waals surface area contributed by atoms with Crippen LogP contribution in [-0.2, 0) is 39.9 Å². The molecule has 2 rings (SSSR count). The number of rotatable bonds is 7. The first-order chi connectivity index (χ1) is 12.1. The van der Waals surface area contributed by atoms with Crippen molar-refractivity contribution in [2.24, 2.45) is 0 Å². The molecule has 1 aliphatic rings. The summed E-state index contributed by atoms with van der Waals surface area (Å²) in [6, 6.07) is 8.90. The third-order valence-corrected chi connectivity index (χ3v) is 4.74. The number of carbonyl (C=O) groups excluding carboxylic acids is 1. The van der Waals surface area contributed by atoms with Gasteiger partial charge in [0.2, 0.25) is 0 Å². The van der Waals surface area contributed by atoms with E-state index in [0.717, 1.165) is 12.7 Å². The van der Waals surface area contributed by atoms with E-state index >= 15 is 0 Å². The summed E-state index contributed by atoms with van der Waals surface area (Å²) in [6.07, 6.45) is -5.34. The molecule has 1 aromatic carbocycles. The molecule has 0 aliphatic carbocycles. The third kappa shape index (κ3) is 4.53.